The Morgan fingerprint density at radius 2 is 2.29 bits per heavy atom. The lowest BCUT2D eigenvalue weighted by atomic mass is 10.0. The van der Waals surface area contributed by atoms with Crippen molar-refractivity contribution in [1.29, 1.82) is 0 Å². The van der Waals surface area contributed by atoms with Gasteiger partial charge in [0, 0.05) is 9.50 Å². The summed E-state index contributed by atoms with van der Waals surface area (Å²) in [4.78, 5) is 0. The van der Waals surface area contributed by atoms with Gasteiger partial charge in [0.15, 0.2) is 0 Å². The molecule has 0 amide bonds. The lowest BCUT2D eigenvalue weighted by Crippen LogP contribution is -2.22. The number of benzene rings is 1. The van der Waals surface area contributed by atoms with Crippen LogP contribution in [-0.4, -0.2) is 13.7 Å². The van der Waals surface area contributed by atoms with Gasteiger partial charge in [0.25, 0.3) is 0 Å². The highest BCUT2D eigenvalue weighted by molar-refractivity contribution is 9.10. The van der Waals surface area contributed by atoms with E-state index in [1.54, 1.807) is 0 Å². The maximum Gasteiger partial charge on any atom is 0.113 e. The molecule has 0 saturated heterocycles. The average Bonchev–Trinajstić information content (AvgIpc) is 2.34. The zero-order valence-corrected chi connectivity index (χ0v) is 12.0. The minimum atomic E-state index is 0.0851. The lowest BCUT2D eigenvalue weighted by molar-refractivity contribution is 0.169. The Kier molecular flexibility index (Phi) is 4.48. The van der Waals surface area contributed by atoms with Gasteiger partial charge in [-0.2, -0.15) is 0 Å². The Labute approximate surface area is 115 Å². The summed E-state index contributed by atoms with van der Waals surface area (Å²) in [5.74, 6) is 1.00. The van der Waals surface area contributed by atoms with E-state index >= 15 is 0 Å². The molecule has 4 heteroatoms. The van der Waals surface area contributed by atoms with Crippen LogP contribution in [0.4, 0.5) is 0 Å². The lowest BCUT2D eigenvalue weighted by Gasteiger charge is -2.24. The van der Waals surface area contributed by atoms with E-state index in [9.17, 15) is 0 Å². The van der Waals surface area contributed by atoms with Gasteiger partial charge in [-0.3, -0.25) is 0 Å². The van der Waals surface area contributed by atoms with Crippen LogP contribution in [0.5, 0.6) is 0 Å². The van der Waals surface area contributed by atoms with E-state index < -0.39 is 0 Å². The summed E-state index contributed by atoms with van der Waals surface area (Å²) in [6.45, 7) is 0.801. The molecule has 0 saturated carbocycles. The molecule has 2 rings (SSSR count). The Hall–Kier alpha value is -0.510. The van der Waals surface area contributed by atoms with Crippen molar-refractivity contribution >= 4 is 27.5 Å². The second-order valence-corrected chi connectivity index (χ2v) is 5.28. The van der Waals surface area contributed by atoms with Crippen LogP contribution in [0.1, 0.15) is 24.4 Å². The number of rotatable bonds is 3. The van der Waals surface area contributed by atoms with Crippen LogP contribution in [0.25, 0.3) is 0 Å². The monoisotopic (exact) mass is 315 g/mol. The first-order valence-corrected chi connectivity index (χ1v) is 6.84. The van der Waals surface area contributed by atoms with Crippen LogP contribution < -0.4 is 5.32 Å². The van der Waals surface area contributed by atoms with E-state index in [1.807, 2.05) is 25.2 Å². The van der Waals surface area contributed by atoms with Gasteiger partial charge in [0.1, 0.15) is 5.76 Å². The van der Waals surface area contributed by atoms with Crippen LogP contribution in [0, 0.1) is 0 Å². The largest absolute Gasteiger partial charge is 0.496 e. The Bertz CT molecular complexity index is 433. The highest BCUT2D eigenvalue weighted by Crippen LogP contribution is 2.32. The Balaban J connectivity index is 2.31. The third-order valence-electron chi connectivity index (χ3n) is 2.81. The van der Waals surface area contributed by atoms with Gasteiger partial charge in [-0.05, 0) is 43.7 Å². The van der Waals surface area contributed by atoms with Gasteiger partial charge in [-0.25, -0.2) is 0 Å². The highest BCUT2D eigenvalue weighted by Gasteiger charge is 2.20. The predicted octanol–water partition coefficient (Wildman–Crippen LogP) is 4.06. The molecule has 1 unspecified atom stereocenters. The molecule has 0 radical (unpaired) electrons. The molecule has 1 aromatic rings. The maximum absolute atomic E-state index is 5.95. The van der Waals surface area contributed by atoms with Crippen molar-refractivity contribution in [2.45, 2.75) is 18.9 Å². The summed E-state index contributed by atoms with van der Waals surface area (Å²) < 4.78 is 6.71. The number of nitrogens with one attached hydrogen (secondary N) is 1. The number of allylic oxidation sites excluding steroid dienone is 1. The first-order valence-electron chi connectivity index (χ1n) is 5.67. The zero-order valence-electron chi connectivity index (χ0n) is 9.67. The third kappa shape index (κ3) is 3.03. The number of likely N-dealkylation sites (N-methyl/N-ethyl adjacent to an activating group) is 1. The summed E-state index contributed by atoms with van der Waals surface area (Å²) in [7, 11) is 1.94. The van der Waals surface area contributed by atoms with E-state index in [0.717, 1.165) is 40.3 Å². The van der Waals surface area contributed by atoms with Crippen molar-refractivity contribution in [1.82, 2.24) is 5.32 Å². The van der Waals surface area contributed by atoms with Crippen LogP contribution in [-0.2, 0) is 4.74 Å². The number of hydrogen-bond donors (Lipinski definition) is 1. The molecule has 1 aliphatic heterocycles. The average molecular weight is 317 g/mol. The molecule has 0 aliphatic carbocycles. The molecule has 0 aromatic heterocycles. The van der Waals surface area contributed by atoms with Crippen molar-refractivity contribution in [2.24, 2.45) is 0 Å². The molecule has 1 atom stereocenters. The van der Waals surface area contributed by atoms with Crippen LogP contribution >= 0.6 is 27.5 Å². The Morgan fingerprint density at radius 1 is 1.47 bits per heavy atom. The fourth-order valence-electron chi connectivity index (χ4n) is 1.96. The summed E-state index contributed by atoms with van der Waals surface area (Å²) in [5.41, 5.74) is 1.14. The minimum Gasteiger partial charge on any atom is -0.496 e. The Morgan fingerprint density at radius 3 is 2.88 bits per heavy atom. The minimum absolute atomic E-state index is 0.0851. The first kappa shape index (κ1) is 12.9. The van der Waals surface area contributed by atoms with Crippen molar-refractivity contribution in [2.75, 3.05) is 13.7 Å². The molecular formula is C13H15BrClNO. The van der Waals surface area contributed by atoms with Crippen molar-refractivity contribution in [3.05, 3.63) is 45.1 Å². The molecule has 1 aromatic carbocycles. The normalized spacial score (nSPS) is 17.2. The van der Waals surface area contributed by atoms with Crippen LogP contribution in [0.2, 0.25) is 5.02 Å². The molecule has 2 nitrogen and oxygen atoms in total. The van der Waals surface area contributed by atoms with Gasteiger partial charge in [-0.1, -0.05) is 33.6 Å². The fourth-order valence-corrected chi connectivity index (χ4v) is 2.88. The van der Waals surface area contributed by atoms with Crippen molar-refractivity contribution < 1.29 is 4.74 Å². The van der Waals surface area contributed by atoms with Crippen molar-refractivity contribution in [3.8, 4) is 0 Å². The molecule has 1 N–H and O–H groups in total. The van der Waals surface area contributed by atoms with Crippen LogP contribution in [0.3, 0.4) is 0 Å². The summed E-state index contributed by atoms with van der Waals surface area (Å²) in [6.07, 6.45) is 4.34. The summed E-state index contributed by atoms with van der Waals surface area (Å²) in [5, 5.41) is 4.01. The molecule has 92 valence electrons. The van der Waals surface area contributed by atoms with Crippen LogP contribution in [0.15, 0.2) is 34.5 Å². The quantitative estimate of drug-likeness (QED) is 0.908. The zero-order chi connectivity index (χ0) is 12.3. The van der Waals surface area contributed by atoms with Gasteiger partial charge in [0.05, 0.1) is 12.6 Å². The molecule has 1 heterocycles. The molecule has 17 heavy (non-hydrogen) atoms. The topological polar surface area (TPSA) is 21.3 Å². The van der Waals surface area contributed by atoms with E-state index in [2.05, 4.69) is 27.3 Å². The second-order valence-electron chi connectivity index (χ2n) is 3.98. The first-order chi connectivity index (χ1) is 8.22. The van der Waals surface area contributed by atoms with Gasteiger partial charge >= 0.3 is 0 Å². The summed E-state index contributed by atoms with van der Waals surface area (Å²) >= 11 is 9.50. The third-order valence-corrected chi connectivity index (χ3v) is 3.73. The summed E-state index contributed by atoms with van der Waals surface area (Å²) in [6, 6.07) is 5.91. The maximum atomic E-state index is 5.95. The molecular weight excluding hydrogens is 302 g/mol. The molecule has 0 spiro atoms. The standard InChI is InChI=1S/C13H15BrClNO/c1-16-13(12-4-2-3-7-17-12)10-6-5-9(15)8-11(10)14/h4-6,8,13,16H,2-3,7H2,1H3. The fraction of sp³-hybridized carbons (Fsp3) is 0.385. The number of hydrogen-bond acceptors (Lipinski definition) is 2. The SMILES string of the molecule is CNC(C1=CCCCO1)c1ccc(Cl)cc1Br. The number of halogens is 2. The van der Waals surface area contributed by atoms with Gasteiger partial charge < -0.3 is 10.1 Å². The number of ether oxygens (including phenoxy) is 1. The molecule has 0 bridgehead atoms. The van der Waals surface area contributed by atoms with E-state index in [1.165, 1.54) is 0 Å². The molecule has 1 aliphatic rings. The van der Waals surface area contributed by atoms with Crippen molar-refractivity contribution in [3.63, 3.8) is 0 Å². The highest BCUT2D eigenvalue weighted by atomic mass is 79.9. The van der Waals surface area contributed by atoms with Gasteiger partial charge in [-0.15, -0.1) is 0 Å². The smallest absolute Gasteiger partial charge is 0.113 e. The van der Waals surface area contributed by atoms with E-state index in [-0.39, 0.29) is 6.04 Å². The van der Waals surface area contributed by atoms with E-state index in [0.29, 0.717) is 0 Å². The van der Waals surface area contributed by atoms with E-state index in [4.69, 9.17) is 16.3 Å². The molecule has 0 fully saturated rings. The van der Waals surface area contributed by atoms with Gasteiger partial charge in [0.2, 0.25) is 0 Å². The predicted molar refractivity (Wildman–Crippen MR) is 74.2 cm³/mol. The second kappa shape index (κ2) is 5.89.